The van der Waals surface area contributed by atoms with Crippen LogP contribution in [0.15, 0.2) is 24.4 Å². The molecule has 9 nitrogen and oxygen atoms in total. The minimum atomic E-state index is -0.539. The van der Waals surface area contributed by atoms with Gasteiger partial charge in [-0.1, -0.05) is 0 Å². The van der Waals surface area contributed by atoms with Gasteiger partial charge in [0, 0.05) is 45.0 Å². The van der Waals surface area contributed by atoms with E-state index in [4.69, 9.17) is 9.47 Å². The average molecular weight is 471 g/mol. The van der Waals surface area contributed by atoms with Crippen LogP contribution in [-0.2, 0) is 9.47 Å². The third kappa shape index (κ3) is 4.72. The molecule has 1 amide bonds. The molecule has 0 aliphatic carbocycles. The van der Waals surface area contributed by atoms with Crippen molar-refractivity contribution in [3.63, 3.8) is 0 Å². The maximum absolute atomic E-state index is 15.0. The zero-order valence-electron chi connectivity index (χ0n) is 19.9. The van der Waals surface area contributed by atoms with Crippen molar-refractivity contribution in [1.29, 1.82) is 0 Å². The molecule has 1 aromatic carbocycles. The second kappa shape index (κ2) is 8.90. The fourth-order valence-electron chi connectivity index (χ4n) is 4.40. The molecule has 2 aliphatic heterocycles. The number of hydrogen-bond acceptors (Lipinski definition) is 6. The fraction of sp³-hybridized carbons (Fsp3) is 0.542. The van der Waals surface area contributed by atoms with Gasteiger partial charge in [0.25, 0.3) is 0 Å². The molecule has 1 N–H and O–H groups in total. The zero-order chi connectivity index (χ0) is 23.9. The van der Waals surface area contributed by atoms with Crippen molar-refractivity contribution in [1.82, 2.24) is 24.6 Å². The van der Waals surface area contributed by atoms with Gasteiger partial charge in [0.15, 0.2) is 5.82 Å². The lowest BCUT2D eigenvalue weighted by molar-refractivity contribution is -0.0393. The van der Waals surface area contributed by atoms with Gasteiger partial charge in [-0.05, 0) is 52.2 Å². The number of ether oxygens (including phenoxy) is 2. The topological polar surface area (TPSA) is 88.5 Å². The Hall–Kier alpha value is -3.14. The SMILES string of the molecule is CC(C)(C)OC(=O)N1CCN(c2cc3nc(-c4ccn(C5CCCCO5)n4)[nH]c3cc2F)CC1. The van der Waals surface area contributed by atoms with Crippen LogP contribution in [0.1, 0.15) is 46.3 Å². The van der Waals surface area contributed by atoms with Gasteiger partial charge in [-0.3, -0.25) is 0 Å². The highest BCUT2D eigenvalue weighted by atomic mass is 19.1. The molecule has 10 heteroatoms. The molecule has 4 heterocycles. The smallest absolute Gasteiger partial charge is 0.410 e. The summed E-state index contributed by atoms with van der Waals surface area (Å²) in [6, 6.07) is 5.13. The quantitative estimate of drug-likeness (QED) is 0.613. The number of halogens is 1. The normalized spacial score (nSPS) is 19.6. The van der Waals surface area contributed by atoms with Gasteiger partial charge in [-0.25, -0.2) is 18.9 Å². The molecule has 1 unspecified atom stereocenters. The predicted octanol–water partition coefficient (Wildman–Crippen LogP) is 4.32. The van der Waals surface area contributed by atoms with Gasteiger partial charge in [-0.15, -0.1) is 0 Å². The number of anilines is 1. The molecule has 0 saturated carbocycles. The van der Waals surface area contributed by atoms with E-state index in [0.717, 1.165) is 25.9 Å². The van der Waals surface area contributed by atoms with E-state index < -0.39 is 5.60 Å². The van der Waals surface area contributed by atoms with E-state index in [1.165, 1.54) is 6.07 Å². The number of fused-ring (bicyclic) bond motifs is 1. The summed E-state index contributed by atoms with van der Waals surface area (Å²) in [6.07, 6.45) is 4.66. The minimum Gasteiger partial charge on any atom is -0.444 e. The van der Waals surface area contributed by atoms with Gasteiger partial charge >= 0.3 is 6.09 Å². The summed E-state index contributed by atoms with van der Waals surface area (Å²) in [4.78, 5) is 23.8. The second-order valence-corrected chi connectivity index (χ2v) is 9.86. The van der Waals surface area contributed by atoms with Crippen molar-refractivity contribution in [3.05, 3.63) is 30.2 Å². The zero-order valence-corrected chi connectivity index (χ0v) is 19.9. The second-order valence-electron chi connectivity index (χ2n) is 9.86. The third-order valence-electron chi connectivity index (χ3n) is 6.12. The van der Waals surface area contributed by atoms with E-state index in [1.807, 2.05) is 42.6 Å². The predicted molar refractivity (Wildman–Crippen MR) is 126 cm³/mol. The number of nitrogens with one attached hydrogen (secondary N) is 1. The van der Waals surface area contributed by atoms with Crippen molar-refractivity contribution in [3.8, 4) is 11.5 Å². The van der Waals surface area contributed by atoms with Crippen LogP contribution in [0.5, 0.6) is 0 Å². The number of aromatic amines is 1. The molecule has 2 aliphatic rings. The van der Waals surface area contributed by atoms with Crippen molar-refractivity contribution in [2.45, 2.75) is 51.9 Å². The van der Waals surface area contributed by atoms with E-state index in [9.17, 15) is 4.79 Å². The lowest BCUT2D eigenvalue weighted by Gasteiger charge is -2.36. The fourth-order valence-corrected chi connectivity index (χ4v) is 4.40. The number of carbonyl (C=O) groups excluding carboxylic acids is 1. The molecule has 34 heavy (non-hydrogen) atoms. The largest absolute Gasteiger partial charge is 0.444 e. The lowest BCUT2D eigenvalue weighted by Crippen LogP contribution is -2.50. The van der Waals surface area contributed by atoms with Crippen molar-refractivity contribution in [2.75, 3.05) is 37.7 Å². The number of imidazole rings is 1. The monoisotopic (exact) mass is 470 g/mol. The highest BCUT2D eigenvalue weighted by molar-refractivity contribution is 5.83. The number of H-pyrrole nitrogens is 1. The van der Waals surface area contributed by atoms with Crippen LogP contribution in [0.25, 0.3) is 22.6 Å². The molecule has 182 valence electrons. The summed E-state index contributed by atoms with van der Waals surface area (Å²) < 4.78 is 28.1. The highest BCUT2D eigenvalue weighted by Gasteiger charge is 2.27. The summed E-state index contributed by atoms with van der Waals surface area (Å²) in [5.41, 5.74) is 1.92. The van der Waals surface area contributed by atoms with E-state index in [2.05, 4.69) is 15.1 Å². The first-order valence-electron chi connectivity index (χ1n) is 11.9. The first-order valence-corrected chi connectivity index (χ1v) is 11.9. The van der Waals surface area contributed by atoms with Gasteiger partial charge in [0.05, 0.1) is 16.7 Å². The molecule has 2 aromatic heterocycles. The minimum absolute atomic E-state index is 0.0460. The molecule has 0 spiro atoms. The van der Waals surface area contributed by atoms with Crippen molar-refractivity contribution >= 4 is 22.8 Å². The summed E-state index contributed by atoms with van der Waals surface area (Å²) >= 11 is 0. The van der Waals surface area contributed by atoms with E-state index in [-0.39, 0.29) is 18.1 Å². The van der Waals surface area contributed by atoms with Gasteiger partial charge in [0.2, 0.25) is 0 Å². The summed E-state index contributed by atoms with van der Waals surface area (Å²) in [7, 11) is 0. The van der Waals surface area contributed by atoms with Crippen molar-refractivity contribution < 1.29 is 18.7 Å². The first kappa shape index (κ1) is 22.6. The van der Waals surface area contributed by atoms with E-state index >= 15 is 4.39 Å². The lowest BCUT2D eigenvalue weighted by atomic mass is 10.2. The van der Waals surface area contributed by atoms with Crippen LogP contribution in [-0.4, -0.2) is 69.1 Å². The highest BCUT2D eigenvalue weighted by Crippen LogP contribution is 2.29. The van der Waals surface area contributed by atoms with Crippen LogP contribution in [0.3, 0.4) is 0 Å². The molecular weight excluding hydrogens is 439 g/mol. The van der Waals surface area contributed by atoms with E-state index in [1.54, 1.807) is 11.0 Å². The number of carbonyl (C=O) groups is 1. The number of hydrogen-bond donors (Lipinski definition) is 1. The Balaban J connectivity index is 1.30. The molecule has 5 rings (SSSR count). The summed E-state index contributed by atoms with van der Waals surface area (Å²) in [6.45, 7) is 8.26. The number of aromatic nitrogens is 4. The molecular formula is C24H31FN6O3. The summed E-state index contributed by atoms with van der Waals surface area (Å²) in [5.74, 6) is 0.269. The maximum Gasteiger partial charge on any atom is 0.410 e. The molecule has 0 radical (unpaired) electrons. The van der Waals surface area contributed by atoms with E-state index in [0.29, 0.717) is 54.4 Å². The Labute approximate surface area is 197 Å². The van der Waals surface area contributed by atoms with Gasteiger partial charge in [0.1, 0.15) is 23.3 Å². The molecule has 1 atom stereocenters. The van der Waals surface area contributed by atoms with Crippen LogP contribution in [0.4, 0.5) is 14.9 Å². The third-order valence-corrected chi connectivity index (χ3v) is 6.12. The van der Waals surface area contributed by atoms with Crippen molar-refractivity contribution in [2.24, 2.45) is 0 Å². The van der Waals surface area contributed by atoms with Crippen LogP contribution in [0, 0.1) is 5.82 Å². The van der Waals surface area contributed by atoms with Gasteiger partial charge in [-0.2, -0.15) is 5.10 Å². The Morgan fingerprint density at radius 3 is 2.71 bits per heavy atom. The first-order chi connectivity index (χ1) is 16.3. The van der Waals surface area contributed by atoms with Crippen LogP contribution < -0.4 is 4.90 Å². The Bertz CT molecular complexity index is 1170. The average Bonchev–Trinajstić information content (AvgIpc) is 3.45. The van der Waals surface area contributed by atoms with Crippen LogP contribution >= 0.6 is 0 Å². The number of benzene rings is 1. The maximum atomic E-state index is 15.0. The Morgan fingerprint density at radius 1 is 1.21 bits per heavy atom. The number of nitrogens with zero attached hydrogens (tertiary/aromatic N) is 5. The molecule has 0 bridgehead atoms. The number of amides is 1. The molecule has 2 fully saturated rings. The number of rotatable bonds is 3. The Morgan fingerprint density at radius 2 is 2.00 bits per heavy atom. The number of piperazine rings is 1. The van der Waals surface area contributed by atoms with Crippen LogP contribution in [0.2, 0.25) is 0 Å². The Kier molecular flexibility index (Phi) is 5.93. The van der Waals surface area contributed by atoms with Gasteiger partial charge < -0.3 is 24.3 Å². The molecule has 3 aromatic rings. The standard InChI is InChI=1S/C24H31FN6O3/c1-24(2,3)34-23(32)30-11-9-29(10-12-30)20-15-19-18(14-16(20)25)26-22(27-19)17-7-8-31(28-17)21-6-4-5-13-33-21/h7-8,14-15,21H,4-6,9-13H2,1-3H3,(H,26,27). The summed E-state index contributed by atoms with van der Waals surface area (Å²) in [5, 5.41) is 4.63. The molecule has 2 saturated heterocycles.